The van der Waals surface area contributed by atoms with Crippen molar-refractivity contribution in [3.05, 3.63) is 47.5 Å². The maximum Gasteiger partial charge on any atom is 0.238 e. The van der Waals surface area contributed by atoms with Crippen molar-refractivity contribution in [3.8, 4) is 11.5 Å². The average molecular weight is 406 g/mol. The molecule has 2 amide bonds. The van der Waals surface area contributed by atoms with Gasteiger partial charge in [-0.1, -0.05) is 11.6 Å². The Morgan fingerprint density at radius 3 is 2.46 bits per heavy atom. The minimum absolute atomic E-state index is 0.178. The van der Waals surface area contributed by atoms with Gasteiger partial charge >= 0.3 is 0 Å². The molecule has 0 saturated carbocycles. The molecule has 2 N–H and O–H groups in total. The van der Waals surface area contributed by atoms with E-state index in [9.17, 15) is 9.59 Å². The van der Waals surface area contributed by atoms with Gasteiger partial charge in [0, 0.05) is 24.2 Å². The van der Waals surface area contributed by atoms with Crippen LogP contribution in [0.15, 0.2) is 42.5 Å². The summed E-state index contributed by atoms with van der Waals surface area (Å²) in [6.45, 7) is 2.60. The van der Waals surface area contributed by atoms with Crippen LogP contribution in [0.3, 0.4) is 0 Å². The topological polar surface area (TPSA) is 79.9 Å². The summed E-state index contributed by atoms with van der Waals surface area (Å²) < 4.78 is 10.9. The van der Waals surface area contributed by atoms with Crippen LogP contribution in [-0.4, -0.2) is 50.6 Å². The predicted molar refractivity (Wildman–Crippen MR) is 110 cm³/mol. The SMILES string of the molecule is COc1ccc(NC(C)=O)cc1NC(=O)CN(C)CCOc1ccc(Cl)cc1. The number of nitrogens with zero attached hydrogens (tertiary/aromatic N) is 1. The fourth-order valence-electron chi connectivity index (χ4n) is 2.45. The van der Waals surface area contributed by atoms with E-state index in [1.807, 2.05) is 11.9 Å². The van der Waals surface area contributed by atoms with Crippen molar-refractivity contribution in [2.24, 2.45) is 0 Å². The summed E-state index contributed by atoms with van der Waals surface area (Å²) in [5.41, 5.74) is 1.07. The third-order valence-electron chi connectivity index (χ3n) is 3.76. The van der Waals surface area contributed by atoms with Crippen molar-refractivity contribution in [2.45, 2.75) is 6.92 Å². The third kappa shape index (κ3) is 7.09. The minimum Gasteiger partial charge on any atom is -0.495 e. The highest BCUT2D eigenvalue weighted by atomic mass is 35.5. The van der Waals surface area contributed by atoms with Crippen LogP contribution < -0.4 is 20.1 Å². The van der Waals surface area contributed by atoms with Crippen LogP contribution in [0.4, 0.5) is 11.4 Å². The van der Waals surface area contributed by atoms with E-state index >= 15 is 0 Å². The maximum absolute atomic E-state index is 12.3. The Morgan fingerprint density at radius 1 is 1.11 bits per heavy atom. The van der Waals surface area contributed by atoms with Gasteiger partial charge in [-0.2, -0.15) is 0 Å². The molecule has 0 heterocycles. The number of halogens is 1. The zero-order valence-corrected chi connectivity index (χ0v) is 16.9. The van der Waals surface area contributed by atoms with E-state index in [0.717, 1.165) is 5.75 Å². The summed E-state index contributed by atoms with van der Waals surface area (Å²) in [6, 6.07) is 12.2. The highest BCUT2D eigenvalue weighted by Gasteiger charge is 2.11. The Balaban J connectivity index is 1.84. The molecule has 0 saturated heterocycles. The standard InChI is InChI=1S/C20H24ClN3O4/c1-14(25)22-16-6-9-19(27-3)18(12-16)23-20(26)13-24(2)10-11-28-17-7-4-15(21)5-8-17/h4-9,12H,10-11,13H2,1-3H3,(H,22,25)(H,23,26). The van der Waals surface area contributed by atoms with Crippen molar-refractivity contribution in [1.29, 1.82) is 0 Å². The molecule has 150 valence electrons. The van der Waals surface area contributed by atoms with Gasteiger partial charge < -0.3 is 20.1 Å². The van der Waals surface area contributed by atoms with Crippen LogP contribution in [0.5, 0.6) is 11.5 Å². The molecular formula is C20H24ClN3O4. The number of carbonyl (C=O) groups is 2. The lowest BCUT2D eigenvalue weighted by Crippen LogP contribution is -2.33. The van der Waals surface area contributed by atoms with E-state index in [1.165, 1.54) is 14.0 Å². The number of rotatable bonds is 9. The molecule has 0 unspecified atom stereocenters. The highest BCUT2D eigenvalue weighted by molar-refractivity contribution is 6.30. The van der Waals surface area contributed by atoms with Crippen molar-refractivity contribution >= 4 is 34.8 Å². The van der Waals surface area contributed by atoms with Gasteiger partial charge in [-0.15, -0.1) is 0 Å². The first-order valence-corrected chi connectivity index (χ1v) is 9.07. The summed E-state index contributed by atoms with van der Waals surface area (Å²) in [6.07, 6.45) is 0. The molecule has 0 atom stereocenters. The first-order chi connectivity index (χ1) is 13.4. The van der Waals surface area contributed by atoms with Crippen LogP contribution in [0.1, 0.15) is 6.92 Å². The van der Waals surface area contributed by atoms with Crippen molar-refractivity contribution < 1.29 is 19.1 Å². The largest absolute Gasteiger partial charge is 0.495 e. The molecule has 0 aliphatic heterocycles. The molecule has 0 fully saturated rings. The molecule has 0 aromatic heterocycles. The predicted octanol–water partition coefficient (Wildman–Crippen LogP) is 3.26. The Morgan fingerprint density at radius 2 is 1.82 bits per heavy atom. The average Bonchev–Trinajstić information content (AvgIpc) is 2.63. The second-order valence-corrected chi connectivity index (χ2v) is 6.62. The number of carbonyl (C=O) groups excluding carboxylic acids is 2. The van der Waals surface area contributed by atoms with Gasteiger partial charge in [-0.25, -0.2) is 0 Å². The number of nitrogens with one attached hydrogen (secondary N) is 2. The van der Waals surface area contributed by atoms with E-state index in [4.69, 9.17) is 21.1 Å². The lowest BCUT2D eigenvalue weighted by molar-refractivity contribution is -0.117. The Bertz CT molecular complexity index is 812. The van der Waals surface area contributed by atoms with Crippen molar-refractivity contribution in [2.75, 3.05) is 44.5 Å². The summed E-state index contributed by atoms with van der Waals surface area (Å²) in [7, 11) is 3.35. The van der Waals surface area contributed by atoms with Crippen molar-refractivity contribution in [3.63, 3.8) is 0 Å². The van der Waals surface area contributed by atoms with E-state index in [1.54, 1.807) is 42.5 Å². The molecule has 0 radical (unpaired) electrons. The number of hydrogen-bond donors (Lipinski definition) is 2. The van der Waals surface area contributed by atoms with Gasteiger partial charge in [0.2, 0.25) is 11.8 Å². The number of likely N-dealkylation sites (N-methyl/N-ethyl adjacent to an activating group) is 1. The Hall–Kier alpha value is -2.77. The third-order valence-corrected chi connectivity index (χ3v) is 4.01. The molecular weight excluding hydrogens is 382 g/mol. The molecule has 28 heavy (non-hydrogen) atoms. The first-order valence-electron chi connectivity index (χ1n) is 8.70. The number of methoxy groups -OCH3 is 1. The molecule has 0 aliphatic rings. The molecule has 8 heteroatoms. The summed E-state index contributed by atoms with van der Waals surface area (Å²) in [5, 5.41) is 6.14. The monoisotopic (exact) mass is 405 g/mol. The normalized spacial score (nSPS) is 10.5. The van der Waals surface area contributed by atoms with Crippen LogP contribution >= 0.6 is 11.6 Å². The van der Waals surface area contributed by atoms with Crippen LogP contribution in [0.25, 0.3) is 0 Å². The second kappa shape index (κ2) is 10.5. The van der Waals surface area contributed by atoms with Gasteiger partial charge in [0.25, 0.3) is 0 Å². The zero-order chi connectivity index (χ0) is 20.5. The lowest BCUT2D eigenvalue weighted by Gasteiger charge is -2.18. The number of hydrogen-bond acceptors (Lipinski definition) is 5. The molecule has 2 aromatic carbocycles. The van der Waals surface area contributed by atoms with E-state index < -0.39 is 0 Å². The van der Waals surface area contributed by atoms with Gasteiger partial charge in [0.05, 0.1) is 19.3 Å². The fraction of sp³-hybridized carbons (Fsp3) is 0.300. The second-order valence-electron chi connectivity index (χ2n) is 6.18. The van der Waals surface area contributed by atoms with Crippen LogP contribution in [0, 0.1) is 0 Å². The number of amides is 2. The smallest absolute Gasteiger partial charge is 0.238 e. The highest BCUT2D eigenvalue weighted by Crippen LogP contribution is 2.27. The fourth-order valence-corrected chi connectivity index (χ4v) is 2.58. The lowest BCUT2D eigenvalue weighted by atomic mass is 10.2. The van der Waals surface area contributed by atoms with E-state index in [0.29, 0.717) is 35.3 Å². The van der Waals surface area contributed by atoms with Gasteiger partial charge in [-0.3, -0.25) is 14.5 Å². The summed E-state index contributed by atoms with van der Waals surface area (Å²) in [5.74, 6) is 0.841. The molecule has 2 aromatic rings. The first kappa shape index (κ1) is 21.5. The molecule has 0 aliphatic carbocycles. The van der Waals surface area contributed by atoms with Gasteiger partial charge in [0.15, 0.2) is 0 Å². The zero-order valence-electron chi connectivity index (χ0n) is 16.1. The quantitative estimate of drug-likeness (QED) is 0.669. The summed E-state index contributed by atoms with van der Waals surface area (Å²) >= 11 is 5.84. The summed E-state index contributed by atoms with van der Waals surface area (Å²) in [4.78, 5) is 25.4. The van der Waals surface area contributed by atoms with Gasteiger partial charge in [0.1, 0.15) is 18.1 Å². The van der Waals surface area contributed by atoms with E-state index in [2.05, 4.69) is 10.6 Å². The van der Waals surface area contributed by atoms with Crippen LogP contribution in [-0.2, 0) is 9.59 Å². The maximum atomic E-state index is 12.3. The number of ether oxygens (including phenoxy) is 2. The Labute approximate surface area is 169 Å². The number of anilines is 2. The minimum atomic E-state index is -0.202. The van der Waals surface area contributed by atoms with Gasteiger partial charge in [-0.05, 0) is 49.5 Å². The van der Waals surface area contributed by atoms with Crippen molar-refractivity contribution in [1.82, 2.24) is 4.90 Å². The van der Waals surface area contributed by atoms with E-state index in [-0.39, 0.29) is 18.4 Å². The Kier molecular flexibility index (Phi) is 8.10. The number of benzene rings is 2. The molecule has 0 bridgehead atoms. The molecule has 0 spiro atoms. The molecule has 2 rings (SSSR count). The molecule has 7 nitrogen and oxygen atoms in total. The van der Waals surface area contributed by atoms with Crippen LogP contribution in [0.2, 0.25) is 5.02 Å².